The van der Waals surface area contributed by atoms with Gasteiger partial charge in [0.25, 0.3) is 0 Å². The minimum absolute atomic E-state index is 0.153. The Morgan fingerprint density at radius 3 is 2.64 bits per heavy atom. The van der Waals surface area contributed by atoms with Crippen molar-refractivity contribution in [2.75, 3.05) is 7.11 Å². The summed E-state index contributed by atoms with van der Waals surface area (Å²) in [5.41, 5.74) is 1.92. The fourth-order valence-corrected chi connectivity index (χ4v) is 2.23. The second kappa shape index (κ2) is 7.80. The van der Waals surface area contributed by atoms with Crippen LogP contribution in [0.25, 0.3) is 0 Å². The van der Waals surface area contributed by atoms with E-state index >= 15 is 0 Å². The smallest absolute Gasteiger partial charge is 0.123 e. The molecule has 3 nitrogen and oxygen atoms in total. The molecule has 0 radical (unpaired) electrons. The topological polar surface area (TPSA) is 30.5 Å². The summed E-state index contributed by atoms with van der Waals surface area (Å²) in [6.45, 7) is 5.22. The van der Waals surface area contributed by atoms with Crippen molar-refractivity contribution in [3.63, 3.8) is 0 Å². The van der Waals surface area contributed by atoms with Gasteiger partial charge in [-0.3, -0.25) is 0 Å². The van der Waals surface area contributed by atoms with E-state index in [9.17, 15) is 4.39 Å². The fourth-order valence-electron chi connectivity index (χ4n) is 2.23. The minimum Gasteiger partial charge on any atom is -0.496 e. The van der Waals surface area contributed by atoms with E-state index in [1.807, 2.05) is 38.1 Å². The Hall–Kier alpha value is -2.07. The van der Waals surface area contributed by atoms with Crippen LogP contribution in [0.4, 0.5) is 4.39 Å². The molecule has 0 spiro atoms. The van der Waals surface area contributed by atoms with Crippen LogP contribution in [0.2, 0.25) is 0 Å². The summed E-state index contributed by atoms with van der Waals surface area (Å²) in [5, 5.41) is 3.30. The molecule has 0 heterocycles. The number of ether oxygens (including phenoxy) is 2. The van der Waals surface area contributed by atoms with Crippen molar-refractivity contribution in [3.8, 4) is 11.5 Å². The summed E-state index contributed by atoms with van der Waals surface area (Å²) >= 11 is 0. The van der Waals surface area contributed by atoms with Crippen LogP contribution in [0.15, 0.2) is 42.5 Å². The van der Waals surface area contributed by atoms with Crippen molar-refractivity contribution >= 4 is 0 Å². The Labute approximate surface area is 131 Å². The predicted octanol–water partition coefficient (Wildman–Crippen LogP) is 3.91. The average Bonchev–Trinajstić information content (AvgIpc) is 2.47. The molecule has 0 aliphatic rings. The van der Waals surface area contributed by atoms with Gasteiger partial charge in [0, 0.05) is 18.7 Å². The van der Waals surface area contributed by atoms with Crippen molar-refractivity contribution in [1.82, 2.24) is 5.32 Å². The van der Waals surface area contributed by atoms with Gasteiger partial charge in [0.05, 0.1) is 13.2 Å². The second-order valence-corrected chi connectivity index (χ2v) is 5.37. The van der Waals surface area contributed by atoms with Crippen molar-refractivity contribution in [3.05, 3.63) is 59.4 Å². The molecule has 0 amide bonds. The molecule has 0 unspecified atom stereocenters. The van der Waals surface area contributed by atoms with Gasteiger partial charge >= 0.3 is 0 Å². The first-order valence-corrected chi connectivity index (χ1v) is 7.37. The van der Waals surface area contributed by atoms with Crippen LogP contribution < -0.4 is 14.8 Å². The summed E-state index contributed by atoms with van der Waals surface area (Å²) < 4.78 is 24.2. The zero-order chi connectivity index (χ0) is 15.9. The van der Waals surface area contributed by atoms with Gasteiger partial charge in [0.2, 0.25) is 0 Å². The van der Waals surface area contributed by atoms with Crippen molar-refractivity contribution in [2.45, 2.75) is 33.0 Å². The van der Waals surface area contributed by atoms with Gasteiger partial charge in [-0.1, -0.05) is 12.1 Å². The Morgan fingerprint density at radius 2 is 1.91 bits per heavy atom. The molecule has 0 saturated heterocycles. The number of methoxy groups -OCH3 is 1. The number of halogens is 1. The lowest BCUT2D eigenvalue weighted by atomic mass is 10.1. The molecule has 0 aliphatic carbocycles. The molecule has 0 saturated carbocycles. The van der Waals surface area contributed by atoms with Gasteiger partial charge in [0.15, 0.2) is 0 Å². The minimum atomic E-state index is -0.259. The Kier molecular flexibility index (Phi) is 5.78. The van der Waals surface area contributed by atoms with Gasteiger partial charge in [-0.15, -0.1) is 0 Å². The molecule has 118 valence electrons. The van der Waals surface area contributed by atoms with Gasteiger partial charge in [-0.25, -0.2) is 4.39 Å². The fraction of sp³-hybridized carbons (Fsp3) is 0.333. The van der Waals surface area contributed by atoms with E-state index in [1.54, 1.807) is 13.2 Å². The molecule has 0 aromatic heterocycles. The van der Waals surface area contributed by atoms with Crippen LogP contribution in [0, 0.1) is 5.82 Å². The highest BCUT2D eigenvalue weighted by atomic mass is 19.1. The predicted molar refractivity (Wildman–Crippen MR) is 85.7 cm³/mol. The maximum Gasteiger partial charge on any atom is 0.123 e. The van der Waals surface area contributed by atoms with Crippen LogP contribution in [0.3, 0.4) is 0 Å². The Bertz CT molecular complexity index is 614. The monoisotopic (exact) mass is 303 g/mol. The summed E-state index contributed by atoms with van der Waals surface area (Å²) in [4.78, 5) is 0. The van der Waals surface area contributed by atoms with E-state index in [2.05, 4.69) is 5.32 Å². The number of hydrogen-bond acceptors (Lipinski definition) is 3. The first-order valence-electron chi connectivity index (χ1n) is 7.37. The van der Waals surface area contributed by atoms with E-state index in [0.29, 0.717) is 18.8 Å². The lowest BCUT2D eigenvalue weighted by molar-refractivity contribution is 0.242. The van der Waals surface area contributed by atoms with Gasteiger partial charge < -0.3 is 14.8 Å². The lowest BCUT2D eigenvalue weighted by Gasteiger charge is -2.12. The van der Waals surface area contributed by atoms with Crippen LogP contribution in [-0.4, -0.2) is 13.2 Å². The zero-order valence-electron chi connectivity index (χ0n) is 13.2. The Balaban J connectivity index is 1.95. The van der Waals surface area contributed by atoms with Crippen molar-refractivity contribution < 1.29 is 13.9 Å². The molecule has 2 aromatic rings. The SMILES string of the molecule is COc1ccc(F)cc1CNCc1cccc(OC(C)C)c1. The van der Waals surface area contributed by atoms with Gasteiger partial charge in [-0.2, -0.15) is 0 Å². The molecule has 22 heavy (non-hydrogen) atoms. The van der Waals surface area contributed by atoms with Crippen LogP contribution >= 0.6 is 0 Å². The van der Waals surface area contributed by atoms with Crippen LogP contribution in [-0.2, 0) is 13.1 Å². The van der Waals surface area contributed by atoms with E-state index < -0.39 is 0 Å². The number of hydrogen-bond donors (Lipinski definition) is 1. The van der Waals surface area contributed by atoms with E-state index in [1.165, 1.54) is 12.1 Å². The summed E-state index contributed by atoms with van der Waals surface area (Å²) in [6.07, 6.45) is 0.153. The highest BCUT2D eigenvalue weighted by Gasteiger charge is 2.05. The molecule has 0 atom stereocenters. The standard InChI is InChI=1S/C18H22FNO2/c1-13(2)22-17-6-4-5-14(9-17)11-20-12-15-10-16(19)7-8-18(15)21-3/h4-10,13,20H,11-12H2,1-3H3. The number of rotatable bonds is 7. The molecule has 0 bridgehead atoms. The largest absolute Gasteiger partial charge is 0.496 e. The average molecular weight is 303 g/mol. The van der Waals surface area contributed by atoms with Crippen LogP contribution in [0.5, 0.6) is 11.5 Å². The highest BCUT2D eigenvalue weighted by molar-refractivity contribution is 5.34. The highest BCUT2D eigenvalue weighted by Crippen LogP contribution is 2.19. The van der Waals surface area contributed by atoms with E-state index in [0.717, 1.165) is 16.9 Å². The van der Waals surface area contributed by atoms with E-state index in [4.69, 9.17) is 9.47 Å². The molecule has 0 fully saturated rings. The number of benzene rings is 2. The second-order valence-electron chi connectivity index (χ2n) is 5.37. The lowest BCUT2D eigenvalue weighted by Crippen LogP contribution is -2.14. The van der Waals surface area contributed by atoms with Gasteiger partial charge in [0.1, 0.15) is 17.3 Å². The molecule has 2 aromatic carbocycles. The zero-order valence-corrected chi connectivity index (χ0v) is 13.2. The summed E-state index contributed by atoms with van der Waals surface area (Å²) in [5.74, 6) is 1.29. The maximum absolute atomic E-state index is 13.3. The molecule has 1 N–H and O–H groups in total. The third kappa shape index (κ3) is 4.74. The summed E-state index contributed by atoms with van der Waals surface area (Å²) in [7, 11) is 1.59. The number of nitrogens with one attached hydrogen (secondary N) is 1. The van der Waals surface area contributed by atoms with Gasteiger partial charge in [-0.05, 0) is 49.7 Å². The molecule has 4 heteroatoms. The van der Waals surface area contributed by atoms with E-state index in [-0.39, 0.29) is 11.9 Å². The quantitative estimate of drug-likeness (QED) is 0.841. The van der Waals surface area contributed by atoms with Crippen molar-refractivity contribution in [1.29, 1.82) is 0 Å². The van der Waals surface area contributed by atoms with Crippen molar-refractivity contribution in [2.24, 2.45) is 0 Å². The molecule has 2 rings (SSSR count). The third-order valence-electron chi connectivity index (χ3n) is 3.16. The molecular formula is C18H22FNO2. The normalized spacial score (nSPS) is 10.8. The maximum atomic E-state index is 13.3. The summed E-state index contributed by atoms with van der Waals surface area (Å²) in [6, 6.07) is 12.5. The first kappa shape index (κ1) is 16.3. The van der Waals surface area contributed by atoms with Crippen LogP contribution in [0.1, 0.15) is 25.0 Å². The molecular weight excluding hydrogens is 281 g/mol. The molecule has 0 aliphatic heterocycles. The first-order chi connectivity index (χ1) is 10.6. The third-order valence-corrected chi connectivity index (χ3v) is 3.16. The Morgan fingerprint density at radius 1 is 1.09 bits per heavy atom.